The number of nitrogens with one attached hydrogen (secondary N) is 2. The van der Waals surface area contributed by atoms with Crippen molar-refractivity contribution in [3.63, 3.8) is 0 Å². The molecule has 31 heavy (non-hydrogen) atoms. The van der Waals surface area contributed by atoms with Gasteiger partial charge in [0.05, 0.1) is 11.9 Å². The quantitative estimate of drug-likeness (QED) is 0.307. The standard InChI is InChI=1S/C21H19ClN8O/c1-13-11-14(2)30(29-13)21-26-19(24-17-7-5-16(22)6-8-17)25-20(27-21)28-23-12-15-3-9-18(31)10-4-15/h3-12,31H,1-2H3,(H2,24,25,26,27,28)/b23-12-. The topological polar surface area (TPSA) is 113 Å². The van der Waals surface area contributed by atoms with Gasteiger partial charge in [-0.1, -0.05) is 11.6 Å². The number of benzene rings is 2. The molecule has 0 saturated heterocycles. The molecule has 4 rings (SSSR count). The van der Waals surface area contributed by atoms with Crippen molar-refractivity contribution in [2.24, 2.45) is 5.10 Å². The van der Waals surface area contributed by atoms with Crippen LogP contribution in [-0.4, -0.2) is 36.1 Å². The fourth-order valence-corrected chi connectivity index (χ4v) is 2.91. The van der Waals surface area contributed by atoms with Gasteiger partial charge >= 0.3 is 0 Å². The SMILES string of the molecule is Cc1cc(C)n(-c2nc(N/N=C\c3ccc(O)cc3)nc(Nc3ccc(Cl)cc3)n2)n1. The maximum Gasteiger partial charge on any atom is 0.257 e. The van der Waals surface area contributed by atoms with Crippen LogP contribution in [0.3, 0.4) is 0 Å². The third-order valence-electron chi connectivity index (χ3n) is 4.19. The number of aromatic nitrogens is 5. The Balaban J connectivity index is 1.64. The van der Waals surface area contributed by atoms with Crippen molar-refractivity contribution >= 4 is 35.4 Å². The summed E-state index contributed by atoms with van der Waals surface area (Å²) in [4.78, 5) is 13.3. The Hall–Kier alpha value is -3.98. The summed E-state index contributed by atoms with van der Waals surface area (Å²) in [7, 11) is 0. The monoisotopic (exact) mass is 434 g/mol. The molecule has 10 heteroatoms. The highest BCUT2D eigenvalue weighted by atomic mass is 35.5. The van der Waals surface area contributed by atoms with E-state index in [1.54, 1.807) is 47.3 Å². The summed E-state index contributed by atoms with van der Waals surface area (Å²) in [5, 5.41) is 21.8. The molecular formula is C21H19ClN8O. The number of anilines is 3. The molecule has 0 amide bonds. The lowest BCUT2D eigenvalue weighted by Gasteiger charge is -2.09. The second-order valence-corrected chi connectivity index (χ2v) is 7.15. The lowest BCUT2D eigenvalue weighted by atomic mass is 10.2. The Morgan fingerprint density at radius 2 is 1.68 bits per heavy atom. The summed E-state index contributed by atoms with van der Waals surface area (Å²) in [6, 6.07) is 15.8. The first-order valence-corrected chi connectivity index (χ1v) is 9.74. The Morgan fingerprint density at radius 3 is 2.35 bits per heavy atom. The molecule has 2 heterocycles. The zero-order chi connectivity index (χ0) is 21.8. The van der Waals surface area contributed by atoms with Crippen LogP contribution in [-0.2, 0) is 0 Å². The van der Waals surface area contributed by atoms with Crippen molar-refractivity contribution in [3.8, 4) is 11.7 Å². The van der Waals surface area contributed by atoms with E-state index < -0.39 is 0 Å². The molecule has 0 aliphatic rings. The third kappa shape index (κ3) is 5.14. The van der Waals surface area contributed by atoms with Crippen LogP contribution in [0.4, 0.5) is 17.6 Å². The minimum atomic E-state index is 0.190. The largest absolute Gasteiger partial charge is 0.508 e. The van der Waals surface area contributed by atoms with Gasteiger partial charge in [0.15, 0.2) is 0 Å². The highest BCUT2D eigenvalue weighted by Gasteiger charge is 2.12. The number of phenols is 1. The van der Waals surface area contributed by atoms with E-state index in [2.05, 4.69) is 35.9 Å². The predicted molar refractivity (Wildman–Crippen MR) is 120 cm³/mol. The third-order valence-corrected chi connectivity index (χ3v) is 4.45. The summed E-state index contributed by atoms with van der Waals surface area (Å²) in [6.45, 7) is 3.82. The molecule has 0 saturated carbocycles. The number of nitrogens with zero attached hydrogens (tertiary/aromatic N) is 6. The highest BCUT2D eigenvalue weighted by Crippen LogP contribution is 2.19. The molecule has 0 atom stereocenters. The van der Waals surface area contributed by atoms with Crippen molar-refractivity contribution in [3.05, 3.63) is 76.6 Å². The fourth-order valence-electron chi connectivity index (χ4n) is 2.78. The van der Waals surface area contributed by atoms with Gasteiger partial charge in [0.1, 0.15) is 5.75 Å². The Kier molecular flexibility index (Phi) is 5.76. The normalized spacial score (nSPS) is 11.1. The van der Waals surface area contributed by atoms with Crippen LogP contribution in [0.2, 0.25) is 5.02 Å². The average molecular weight is 435 g/mol. The number of hydrogen-bond acceptors (Lipinski definition) is 8. The molecule has 0 unspecified atom stereocenters. The van der Waals surface area contributed by atoms with Crippen LogP contribution in [0, 0.1) is 13.8 Å². The number of halogens is 1. The summed E-state index contributed by atoms with van der Waals surface area (Å²) >= 11 is 5.96. The fraction of sp³-hybridized carbons (Fsp3) is 0.0952. The first-order valence-electron chi connectivity index (χ1n) is 9.37. The molecular weight excluding hydrogens is 416 g/mol. The Labute approximate surface area is 183 Å². The van der Waals surface area contributed by atoms with Gasteiger partial charge in [-0.3, -0.25) is 0 Å². The van der Waals surface area contributed by atoms with Crippen molar-refractivity contribution in [2.45, 2.75) is 13.8 Å². The summed E-state index contributed by atoms with van der Waals surface area (Å²) < 4.78 is 1.64. The Morgan fingerprint density at radius 1 is 0.968 bits per heavy atom. The predicted octanol–water partition coefficient (Wildman–Crippen LogP) is 4.22. The molecule has 9 nitrogen and oxygen atoms in total. The smallest absolute Gasteiger partial charge is 0.257 e. The minimum absolute atomic E-state index is 0.190. The number of aromatic hydroxyl groups is 1. The van der Waals surface area contributed by atoms with Gasteiger partial charge in [0.2, 0.25) is 11.9 Å². The number of rotatable bonds is 6. The van der Waals surface area contributed by atoms with Gasteiger partial charge in [-0.15, -0.1) is 0 Å². The molecule has 156 valence electrons. The molecule has 0 aliphatic carbocycles. The second-order valence-electron chi connectivity index (χ2n) is 6.71. The van der Waals surface area contributed by atoms with E-state index >= 15 is 0 Å². The van der Waals surface area contributed by atoms with E-state index in [0.717, 1.165) is 22.6 Å². The van der Waals surface area contributed by atoms with Crippen molar-refractivity contribution < 1.29 is 5.11 Å². The van der Waals surface area contributed by atoms with Crippen LogP contribution in [0.5, 0.6) is 5.75 Å². The van der Waals surface area contributed by atoms with Crippen LogP contribution in [0.25, 0.3) is 5.95 Å². The van der Waals surface area contributed by atoms with E-state index in [4.69, 9.17) is 11.6 Å². The molecule has 0 aliphatic heterocycles. The summed E-state index contributed by atoms with van der Waals surface area (Å²) in [5.41, 5.74) is 6.14. The van der Waals surface area contributed by atoms with Crippen molar-refractivity contribution in [2.75, 3.05) is 10.7 Å². The lowest BCUT2D eigenvalue weighted by Crippen LogP contribution is -2.11. The Bertz CT molecular complexity index is 1220. The van der Waals surface area contributed by atoms with Crippen LogP contribution >= 0.6 is 11.6 Å². The van der Waals surface area contributed by atoms with E-state index in [9.17, 15) is 5.11 Å². The summed E-state index contributed by atoms with van der Waals surface area (Å²) in [5.74, 6) is 1.10. The van der Waals surface area contributed by atoms with E-state index in [1.165, 1.54) is 0 Å². The van der Waals surface area contributed by atoms with E-state index in [-0.39, 0.29) is 11.7 Å². The molecule has 2 aromatic heterocycles. The highest BCUT2D eigenvalue weighted by molar-refractivity contribution is 6.30. The maximum absolute atomic E-state index is 9.38. The molecule has 0 fully saturated rings. The van der Waals surface area contributed by atoms with Gasteiger partial charge in [-0.2, -0.15) is 25.2 Å². The van der Waals surface area contributed by atoms with Crippen LogP contribution < -0.4 is 10.7 Å². The molecule has 3 N–H and O–H groups in total. The van der Waals surface area contributed by atoms with E-state index in [0.29, 0.717) is 16.9 Å². The molecule has 0 spiro atoms. The summed E-state index contributed by atoms with van der Waals surface area (Å²) in [6.07, 6.45) is 1.60. The molecule has 0 bridgehead atoms. The minimum Gasteiger partial charge on any atom is -0.508 e. The zero-order valence-corrected chi connectivity index (χ0v) is 17.5. The van der Waals surface area contributed by atoms with Gasteiger partial charge in [-0.25, -0.2) is 10.1 Å². The number of hydrogen-bond donors (Lipinski definition) is 3. The average Bonchev–Trinajstić information content (AvgIpc) is 3.09. The number of hydrazone groups is 1. The van der Waals surface area contributed by atoms with Gasteiger partial charge in [0, 0.05) is 16.4 Å². The molecule has 2 aromatic carbocycles. The maximum atomic E-state index is 9.38. The van der Waals surface area contributed by atoms with Gasteiger partial charge in [-0.05, 0) is 74.0 Å². The number of aryl methyl sites for hydroxylation is 2. The molecule has 4 aromatic rings. The number of phenolic OH excluding ortho intramolecular Hbond substituents is 1. The van der Waals surface area contributed by atoms with E-state index in [1.807, 2.05) is 32.0 Å². The first kappa shape index (κ1) is 20.3. The van der Waals surface area contributed by atoms with Gasteiger partial charge in [0.25, 0.3) is 5.95 Å². The van der Waals surface area contributed by atoms with Crippen molar-refractivity contribution in [1.82, 2.24) is 24.7 Å². The van der Waals surface area contributed by atoms with Gasteiger partial charge < -0.3 is 10.4 Å². The van der Waals surface area contributed by atoms with Crippen LogP contribution in [0.15, 0.2) is 59.7 Å². The molecule has 0 radical (unpaired) electrons. The zero-order valence-electron chi connectivity index (χ0n) is 16.8. The van der Waals surface area contributed by atoms with Crippen LogP contribution in [0.1, 0.15) is 17.0 Å². The lowest BCUT2D eigenvalue weighted by molar-refractivity contribution is 0.475. The van der Waals surface area contributed by atoms with Crippen molar-refractivity contribution in [1.29, 1.82) is 0 Å². The first-order chi connectivity index (χ1) is 15.0. The second kappa shape index (κ2) is 8.80.